The van der Waals surface area contributed by atoms with Gasteiger partial charge in [0.05, 0.1) is 28.7 Å². The molecule has 22 heavy (non-hydrogen) atoms. The number of anilines is 1. The molecule has 112 valence electrons. The minimum absolute atomic E-state index is 0.0515. The Morgan fingerprint density at radius 2 is 2.09 bits per heavy atom. The molecule has 0 saturated heterocycles. The average Bonchev–Trinajstić information content (AvgIpc) is 2.94. The second-order valence-corrected chi connectivity index (χ2v) is 4.56. The molecule has 0 aliphatic heterocycles. The Labute approximate surface area is 123 Å². The van der Waals surface area contributed by atoms with Crippen molar-refractivity contribution >= 4 is 17.1 Å². The summed E-state index contributed by atoms with van der Waals surface area (Å²) in [5.41, 5.74) is 5.62. The summed E-state index contributed by atoms with van der Waals surface area (Å²) < 4.78 is 29.4. The van der Waals surface area contributed by atoms with E-state index < -0.39 is 11.6 Å². The van der Waals surface area contributed by atoms with Gasteiger partial charge in [-0.05, 0) is 12.1 Å². The monoisotopic (exact) mass is 303 g/mol. The second-order valence-electron chi connectivity index (χ2n) is 4.56. The second kappa shape index (κ2) is 5.06. The number of fused-ring (bicyclic) bond motifs is 1. The van der Waals surface area contributed by atoms with Crippen LogP contribution in [0.15, 0.2) is 30.9 Å². The molecule has 2 aromatic heterocycles. The maximum Gasteiger partial charge on any atom is 0.271 e. The van der Waals surface area contributed by atoms with E-state index >= 15 is 0 Å². The van der Waals surface area contributed by atoms with Crippen molar-refractivity contribution in [3.05, 3.63) is 48.2 Å². The molecule has 0 bridgehead atoms. The van der Waals surface area contributed by atoms with E-state index in [-0.39, 0.29) is 28.5 Å². The first-order valence-corrected chi connectivity index (χ1v) is 6.31. The summed E-state index contributed by atoms with van der Waals surface area (Å²) in [6, 6.07) is 2.22. The van der Waals surface area contributed by atoms with Crippen LogP contribution < -0.4 is 11.1 Å². The number of benzene rings is 1. The van der Waals surface area contributed by atoms with Gasteiger partial charge < -0.3 is 15.5 Å². The van der Waals surface area contributed by atoms with Crippen molar-refractivity contribution in [3.8, 4) is 11.3 Å². The Balaban J connectivity index is 2.19. The molecule has 3 aromatic rings. The van der Waals surface area contributed by atoms with Crippen LogP contribution in [0.4, 0.5) is 14.5 Å². The van der Waals surface area contributed by atoms with Crippen molar-refractivity contribution in [1.82, 2.24) is 19.7 Å². The fourth-order valence-corrected chi connectivity index (χ4v) is 2.12. The fraction of sp³-hybridized carbons (Fsp3) is 0.0714. The molecule has 0 aliphatic rings. The van der Waals surface area contributed by atoms with Gasteiger partial charge in [-0.2, -0.15) is 0 Å². The predicted octanol–water partition coefficient (Wildman–Crippen LogP) is 1.62. The van der Waals surface area contributed by atoms with E-state index in [9.17, 15) is 13.6 Å². The highest BCUT2D eigenvalue weighted by atomic mass is 19.1. The lowest BCUT2D eigenvalue weighted by atomic mass is 10.1. The zero-order chi connectivity index (χ0) is 15.9. The number of carbonyl (C=O) groups is 1. The van der Waals surface area contributed by atoms with Crippen LogP contribution in [0.25, 0.3) is 16.8 Å². The molecule has 0 spiro atoms. The van der Waals surface area contributed by atoms with E-state index in [4.69, 9.17) is 5.73 Å². The third-order valence-corrected chi connectivity index (χ3v) is 3.24. The highest BCUT2D eigenvalue weighted by Gasteiger charge is 2.18. The van der Waals surface area contributed by atoms with Gasteiger partial charge in [0.2, 0.25) is 0 Å². The van der Waals surface area contributed by atoms with Crippen molar-refractivity contribution in [2.24, 2.45) is 0 Å². The number of imidazole rings is 1. The van der Waals surface area contributed by atoms with Gasteiger partial charge in [0.25, 0.3) is 5.91 Å². The number of hydrogen-bond acceptors (Lipinski definition) is 4. The van der Waals surface area contributed by atoms with E-state index in [1.165, 1.54) is 30.2 Å². The Kier molecular flexibility index (Phi) is 3.21. The van der Waals surface area contributed by atoms with Crippen molar-refractivity contribution < 1.29 is 13.6 Å². The number of halogens is 2. The van der Waals surface area contributed by atoms with E-state index in [0.717, 1.165) is 12.1 Å². The maximum absolute atomic E-state index is 14.0. The fourth-order valence-electron chi connectivity index (χ4n) is 2.12. The number of nitrogens with two attached hydrogens (primary N) is 1. The van der Waals surface area contributed by atoms with Crippen molar-refractivity contribution in [1.29, 1.82) is 0 Å². The standard InChI is InChI=1S/C14H11F2N5O/c1-18-14(22)13-10-4-19-9(5-21(10)6-20-13)11-7(15)2-3-8(17)12(11)16/h2-6H,17H2,1H3,(H,18,22). The first-order chi connectivity index (χ1) is 10.5. The molecule has 6 nitrogen and oxygen atoms in total. The summed E-state index contributed by atoms with van der Waals surface area (Å²) in [5, 5.41) is 2.45. The Morgan fingerprint density at radius 1 is 1.32 bits per heavy atom. The number of nitrogens with one attached hydrogen (secondary N) is 1. The van der Waals surface area contributed by atoms with Crippen LogP contribution >= 0.6 is 0 Å². The van der Waals surface area contributed by atoms with Gasteiger partial charge in [-0.15, -0.1) is 0 Å². The molecule has 1 amide bonds. The van der Waals surface area contributed by atoms with E-state index in [2.05, 4.69) is 15.3 Å². The average molecular weight is 303 g/mol. The van der Waals surface area contributed by atoms with Gasteiger partial charge in [0.15, 0.2) is 11.5 Å². The van der Waals surface area contributed by atoms with Gasteiger partial charge in [-0.1, -0.05) is 0 Å². The normalized spacial score (nSPS) is 10.9. The quantitative estimate of drug-likeness (QED) is 0.704. The number of nitrogen functional groups attached to an aromatic ring is 1. The van der Waals surface area contributed by atoms with Crippen LogP contribution in [0.5, 0.6) is 0 Å². The molecule has 0 unspecified atom stereocenters. The summed E-state index contributed by atoms with van der Waals surface area (Å²) in [4.78, 5) is 19.6. The lowest BCUT2D eigenvalue weighted by Crippen LogP contribution is -2.18. The molecular weight excluding hydrogens is 292 g/mol. The van der Waals surface area contributed by atoms with Gasteiger partial charge in [-0.25, -0.2) is 13.8 Å². The largest absolute Gasteiger partial charge is 0.396 e. The van der Waals surface area contributed by atoms with Crippen LogP contribution in [0.2, 0.25) is 0 Å². The SMILES string of the molecule is CNC(=O)c1ncn2cc(-c3c(F)ccc(N)c3F)ncc12. The van der Waals surface area contributed by atoms with Crippen molar-refractivity contribution in [2.75, 3.05) is 12.8 Å². The zero-order valence-corrected chi connectivity index (χ0v) is 11.5. The number of nitrogens with zero attached hydrogens (tertiary/aromatic N) is 3. The van der Waals surface area contributed by atoms with E-state index in [0.29, 0.717) is 5.52 Å². The molecule has 3 rings (SSSR count). The molecule has 8 heteroatoms. The highest BCUT2D eigenvalue weighted by Crippen LogP contribution is 2.28. The lowest BCUT2D eigenvalue weighted by molar-refractivity contribution is 0.0960. The Morgan fingerprint density at radius 3 is 2.82 bits per heavy atom. The minimum atomic E-state index is -0.876. The van der Waals surface area contributed by atoms with Crippen LogP contribution in [0.3, 0.4) is 0 Å². The van der Waals surface area contributed by atoms with Gasteiger partial charge in [0.1, 0.15) is 12.1 Å². The van der Waals surface area contributed by atoms with Crippen LogP contribution in [-0.4, -0.2) is 27.3 Å². The van der Waals surface area contributed by atoms with Gasteiger partial charge >= 0.3 is 0 Å². The topological polar surface area (TPSA) is 85.3 Å². The summed E-state index contributed by atoms with van der Waals surface area (Å²) >= 11 is 0. The Bertz CT molecular complexity index is 890. The van der Waals surface area contributed by atoms with Crippen molar-refractivity contribution in [3.63, 3.8) is 0 Å². The number of hydrogen-bond donors (Lipinski definition) is 2. The molecule has 0 radical (unpaired) electrons. The molecule has 0 saturated carbocycles. The third kappa shape index (κ3) is 2.05. The molecule has 0 atom stereocenters. The van der Waals surface area contributed by atoms with Gasteiger partial charge in [-0.3, -0.25) is 9.78 Å². The van der Waals surface area contributed by atoms with Crippen LogP contribution in [0, 0.1) is 11.6 Å². The number of rotatable bonds is 2. The Hall–Kier alpha value is -3.03. The first kappa shape index (κ1) is 13.9. The zero-order valence-electron chi connectivity index (χ0n) is 11.5. The summed E-state index contributed by atoms with van der Waals surface area (Å²) in [5.74, 6) is -2.03. The van der Waals surface area contributed by atoms with Gasteiger partial charge in [0, 0.05) is 13.2 Å². The summed E-state index contributed by atoms with van der Waals surface area (Å²) in [7, 11) is 1.48. The first-order valence-electron chi connectivity index (χ1n) is 6.31. The third-order valence-electron chi connectivity index (χ3n) is 3.24. The number of amides is 1. The van der Waals surface area contributed by atoms with E-state index in [1.807, 2.05) is 0 Å². The molecule has 0 fully saturated rings. The maximum atomic E-state index is 14.0. The summed E-state index contributed by atoms with van der Waals surface area (Å²) in [6.45, 7) is 0. The summed E-state index contributed by atoms with van der Waals surface area (Å²) in [6.07, 6.45) is 4.08. The molecule has 2 heterocycles. The predicted molar refractivity (Wildman–Crippen MR) is 76.1 cm³/mol. The molecule has 0 aliphatic carbocycles. The highest BCUT2D eigenvalue weighted by molar-refractivity contribution is 5.98. The van der Waals surface area contributed by atoms with Crippen molar-refractivity contribution in [2.45, 2.75) is 0 Å². The molecular formula is C14H11F2N5O. The minimum Gasteiger partial charge on any atom is -0.396 e. The molecule has 1 aromatic carbocycles. The smallest absolute Gasteiger partial charge is 0.271 e. The number of carbonyl (C=O) groups excluding carboxylic acids is 1. The van der Waals surface area contributed by atoms with Crippen LogP contribution in [0.1, 0.15) is 10.5 Å². The number of aromatic nitrogens is 3. The lowest BCUT2D eigenvalue weighted by Gasteiger charge is -2.07. The molecule has 3 N–H and O–H groups in total. The van der Waals surface area contributed by atoms with Crippen LogP contribution in [-0.2, 0) is 0 Å². The van der Waals surface area contributed by atoms with E-state index in [1.54, 1.807) is 0 Å².